The van der Waals surface area contributed by atoms with Crippen LogP contribution in [0.1, 0.15) is 50.3 Å². The smallest absolute Gasteiger partial charge is 0.261 e. The molecule has 0 aliphatic rings. The van der Waals surface area contributed by atoms with Gasteiger partial charge in [-0.2, -0.15) is 0 Å². The third kappa shape index (κ3) is 7.26. The molecule has 0 aliphatic carbocycles. The van der Waals surface area contributed by atoms with Crippen molar-refractivity contribution in [1.82, 2.24) is 10.2 Å². The second-order valence-corrected chi connectivity index (χ2v) is 9.32. The molecule has 0 heterocycles. The molecule has 0 radical (unpaired) electrons. The molecule has 2 rings (SSSR count). The van der Waals surface area contributed by atoms with Gasteiger partial charge in [-0.3, -0.25) is 9.59 Å². The summed E-state index contributed by atoms with van der Waals surface area (Å²) in [7, 11) is 0. The lowest BCUT2D eigenvalue weighted by Gasteiger charge is -2.32. The number of carbonyl (C=O) groups is 2. The summed E-state index contributed by atoms with van der Waals surface area (Å²) in [5.74, 6) is -0.0282. The van der Waals surface area contributed by atoms with Gasteiger partial charge in [0.25, 0.3) is 5.91 Å². The summed E-state index contributed by atoms with van der Waals surface area (Å²) < 4.78 is 5.79. The van der Waals surface area contributed by atoms with Crippen molar-refractivity contribution in [3.8, 4) is 5.75 Å². The summed E-state index contributed by atoms with van der Waals surface area (Å²) in [5, 5.41) is 4.50. The van der Waals surface area contributed by atoms with Gasteiger partial charge < -0.3 is 15.0 Å². The van der Waals surface area contributed by atoms with Crippen LogP contribution in [0, 0.1) is 13.8 Å². The first-order valence-corrected chi connectivity index (χ1v) is 12.1. The van der Waals surface area contributed by atoms with Gasteiger partial charge in [0.2, 0.25) is 5.91 Å². The Labute approximate surface area is 211 Å². The summed E-state index contributed by atoms with van der Waals surface area (Å²) in [6.07, 6.45) is 1.21. The van der Waals surface area contributed by atoms with Crippen molar-refractivity contribution in [1.29, 1.82) is 0 Å². The molecule has 0 bridgehead atoms. The number of aryl methyl sites for hydroxylation is 2. The van der Waals surface area contributed by atoms with Crippen molar-refractivity contribution in [2.45, 2.75) is 66.1 Å². The van der Waals surface area contributed by atoms with Crippen LogP contribution in [0.4, 0.5) is 0 Å². The van der Waals surface area contributed by atoms with Crippen LogP contribution in [0.3, 0.4) is 0 Å². The van der Waals surface area contributed by atoms with Crippen LogP contribution in [-0.2, 0) is 16.1 Å². The minimum atomic E-state index is -0.698. The molecule has 33 heavy (non-hydrogen) atoms. The average molecular weight is 514 g/mol. The molecule has 5 nitrogen and oxygen atoms in total. The van der Waals surface area contributed by atoms with E-state index in [0.717, 1.165) is 17.5 Å². The summed E-state index contributed by atoms with van der Waals surface area (Å²) in [5.41, 5.74) is 2.30. The molecule has 8 heteroatoms. The number of hydrogen-bond acceptors (Lipinski definition) is 3. The van der Waals surface area contributed by atoms with Gasteiger partial charge >= 0.3 is 0 Å². The van der Waals surface area contributed by atoms with Crippen LogP contribution in [0.5, 0.6) is 5.75 Å². The third-order valence-corrected chi connectivity index (χ3v) is 6.85. The summed E-state index contributed by atoms with van der Waals surface area (Å²) >= 11 is 19.0. The van der Waals surface area contributed by atoms with Crippen molar-refractivity contribution >= 4 is 46.6 Å². The number of amides is 2. The van der Waals surface area contributed by atoms with Crippen LogP contribution >= 0.6 is 34.8 Å². The molecule has 2 atom stereocenters. The molecule has 0 unspecified atom stereocenters. The molecular weight excluding hydrogens is 483 g/mol. The van der Waals surface area contributed by atoms with Crippen molar-refractivity contribution in [3.63, 3.8) is 0 Å². The fourth-order valence-corrected chi connectivity index (χ4v) is 4.06. The molecule has 0 spiro atoms. The van der Waals surface area contributed by atoms with Gasteiger partial charge in [0.05, 0.1) is 0 Å². The fourth-order valence-electron chi connectivity index (χ4n) is 3.43. The van der Waals surface area contributed by atoms with E-state index >= 15 is 0 Å². The molecule has 1 N–H and O–H groups in total. The Morgan fingerprint density at radius 3 is 2.12 bits per heavy atom. The first-order valence-electron chi connectivity index (χ1n) is 11.0. The molecule has 0 saturated heterocycles. The number of rotatable bonds is 10. The van der Waals surface area contributed by atoms with Gasteiger partial charge in [-0.25, -0.2) is 0 Å². The quantitative estimate of drug-likeness (QED) is 0.402. The van der Waals surface area contributed by atoms with Crippen molar-refractivity contribution in [2.24, 2.45) is 0 Å². The molecule has 0 fully saturated rings. The zero-order valence-electron chi connectivity index (χ0n) is 19.7. The zero-order valence-corrected chi connectivity index (χ0v) is 21.9. The third-order valence-electron chi connectivity index (χ3n) is 5.55. The predicted molar refractivity (Wildman–Crippen MR) is 135 cm³/mol. The largest absolute Gasteiger partial charge is 0.484 e. The Bertz CT molecular complexity index is 954. The maximum Gasteiger partial charge on any atom is 0.261 e. The van der Waals surface area contributed by atoms with Crippen LogP contribution in [-0.4, -0.2) is 35.4 Å². The number of hydrogen-bond donors (Lipinski definition) is 1. The second-order valence-electron chi connectivity index (χ2n) is 8.12. The first-order chi connectivity index (χ1) is 15.6. The van der Waals surface area contributed by atoms with Crippen LogP contribution in [0.25, 0.3) is 0 Å². The lowest BCUT2D eigenvalue weighted by atomic mass is 10.1. The van der Waals surface area contributed by atoms with E-state index < -0.39 is 6.04 Å². The van der Waals surface area contributed by atoms with E-state index in [4.69, 9.17) is 39.5 Å². The van der Waals surface area contributed by atoms with Crippen molar-refractivity contribution in [3.05, 3.63) is 62.1 Å². The summed E-state index contributed by atoms with van der Waals surface area (Å²) in [6.45, 7) is 9.38. The standard InChI is InChI=1S/C25H31Cl3N2O3/c1-6-17(5)29-25(32)22(7-2)30(13-19-20(26)9-8-10-21(19)27)23(31)14-33-18-11-15(3)24(28)16(4)12-18/h8-12,17,22H,6-7,13-14H2,1-5H3,(H,29,32)/t17-,22-/m1/s1. The lowest BCUT2D eigenvalue weighted by molar-refractivity contribution is -0.143. The number of nitrogens with one attached hydrogen (secondary N) is 1. The highest BCUT2D eigenvalue weighted by atomic mass is 35.5. The average Bonchev–Trinajstić information content (AvgIpc) is 2.77. The molecule has 0 aliphatic heterocycles. The van der Waals surface area contributed by atoms with E-state index in [1.807, 2.05) is 34.6 Å². The topological polar surface area (TPSA) is 58.6 Å². The zero-order chi connectivity index (χ0) is 24.7. The van der Waals surface area contributed by atoms with E-state index in [0.29, 0.717) is 32.8 Å². The van der Waals surface area contributed by atoms with Crippen molar-refractivity contribution in [2.75, 3.05) is 6.61 Å². The Kier molecular flexibility index (Phi) is 10.3. The number of nitrogens with zero attached hydrogens (tertiary/aromatic N) is 1. The van der Waals surface area contributed by atoms with Crippen molar-refractivity contribution < 1.29 is 14.3 Å². The predicted octanol–water partition coefficient (Wildman–Crippen LogP) is 6.36. The van der Waals surface area contributed by atoms with Gasteiger partial charge in [-0.1, -0.05) is 54.7 Å². The van der Waals surface area contributed by atoms with Gasteiger partial charge in [0.1, 0.15) is 11.8 Å². The Balaban J connectivity index is 2.32. The lowest BCUT2D eigenvalue weighted by Crippen LogP contribution is -2.51. The van der Waals surface area contributed by atoms with E-state index in [9.17, 15) is 9.59 Å². The first kappa shape index (κ1) is 27.3. The second kappa shape index (κ2) is 12.5. The van der Waals surface area contributed by atoms with Gasteiger partial charge in [0, 0.05) is 33.2 Å². The molecule has 2 aromatic carbocycles. The van der Waals surface area contributed by atoms with E-state index in [1.165, 1.54) is 4.90 Å². The van der Waals surface area contributed by atoms with E-state index in [2.05, 4.69) is 5.32 Å². The molecular formula is C25H31Cl3N2O3. The highest BCUT2D eigenvalue weighted by Gasteiger charge is 2.30. The molecule has 0 aromatic heterocycles. The number of halogens is 3. The molecule has 180 valence electrons. The van der Waals surface area contributed by atoms with E-state index in [-0.39, 0.29) is 31.0 Å². The van der Waals surface area contributed by atoms with Crippen LogP contribution in [0.15, 0.2) is 30.3 Å². The minimum Gasteiger partial charge on any atom is -0.484 e. The van der Waals surface area contributed by atoms with Gasteiger partial charge in [-0.15, -0.1) is 0 Å². The number of ether oxygens (including phenoxy) is 1. The molecule has 0 saturated carbocycles. The SMILES string of the molecule is CC[C@@H](C)NC(=O)[C@@H](CC)N(Cc1c(Cl)cccc1Cl)C(=O)COc1cc(C)c(Cl)c(C)c1. The van der Waals surface area contributed by atoms with Gasteiger partial charge in [0.15, 0.2) is 6.61 Å². The summed E-state index contributed by atoms with van der Waals surface area (Å²) in [6, 6.07) is 8.01. The minimum absolute atomic E-state index is 0.0105. The maximum atomic E-state index is 13.3. The van der Waals surface area contributed by atoms with Crippen LogP contribution in [0.2, 0.25) is 15.1 Å². The highest BCUT2D eigenvalue weighted by molar-refractivity contribution is 6.36. The normalized spacial score (nSPS) is 12.7. The summed E-state index contributed by atoms with van der Waals surface area (Å²) in [4.78, 5) is 27.9. The Morgan fingerprint density at radius 1 is 1.03 bits per heavy atom. The van der Waals surface area contributed by atoms with Crippen LogP contribution < -0.4 is 10.1 Å². The van der Waals surface area contributed by atoms with E-state index in [1.54, 1.807) is 30.3 Å². The maximum absolute atomic E-state index is 13.3. The highest BCUT2D eigenvalue weighted by Crippen LogP contribution is 2.28. The fraction of sp³-hybridized carbons (Fsp3) is 0.440. The Morgan fingerprint density at radius 2 is 1.61 bits per heavy atom. The Hall–Kier alpha value is -1.95. The molecule has 2 aromatic rings. The number of benzene rings is 2. The molecule has 2 amide bonds. The monoisotopic (exact) mass is 512 g/mol. The number of carbonyl (C=O) groups excluding carboxylic acids is 2. The van der Waals surface area contributed by atoms with Gasteiger partial charge in [-0.05, 0) is 69.0 Å².